The molecule has 18 heavy (non-hydrogen) atoms. The van der Waals surface area contributed by atoms with Crippen LogP contribution in [-0.2, 0) is 9.53 Å². The Balaban J connectivity index is 1.73. The molecule has 0 saturated carbocycles. The molecule has 0 unspecified atom stereocenters. The van der Waals surface area contributed by atoms with Gasteiger partial charge in [-0.05, 0) is 43.7 Å². The van der Waals surface area contributed by atoms with Crippen LogP contribution in [0.4, 0.5) is 10.1 Å². The second-order valence-corrected chi connectivity index (χ2v) is 4.33. The summed E-state index contributed by atoms with van der Waals surface area (Å²) in [6.07, 6.45) is 2.17. The van der Waals surface area contributed by atoms with Crippen LogP contribution in [0.3, 0.4) is 0 Å². The summed E-state index contributed by atoms with van der Waals surface area (Å²) in [5.74, 6) is -0.537. The number of carbonyl (C=O) groups excluding carboxylic acids is 1. The molecule has 1 aliphatic heterocycles. The number of ether oxygens (including phenoxy) is 1. The first-order valence-electron chi connectivity index (χ1n) is 6.12. The minimum atomic E-state index is -0.322. The van der Waals surface area contributed by atoms with Gasteiger partial charge in [0.05, 0.1) is 6.10 Å². The van der Waals surface area contributed by atoms with E-state index < -0.39 is 0 Å². The Hall–Kier alpha value is -1.46. The maximum Gasteiger partial charge on any atom is 0.250 e. The number of piperidine rings is 1. The van der Waals surface area contributed by atoms with E-state index in [1.54, 1.807) is 0 Å². The molecule has 5 heteroatoms. The third-order valence-electron chi connectivity index (χ3n) is 2.83. The van der Waals surface area contributed by atoms with Crippen LogP contribution in [0.2, 0.25) is 0 Å². The van der Waals surface area contributed by atoms with Crippen molar-refractivity contribution in [3.05, 3.63) is 30.1 Å². The lowest BCUT2D eigenvalue weighted by molar-refractivity contribution is -0.122. The molecule has 1 heterocycles. The Morgan fingerprint density at radius 1 is 1.44 bits per heavy atom. The average molecular weight is 252 g/mol. The normalized spacial score (nSPS) is 19.5. The van der Waals surface area contributed by atoms with Gasteiger partial charge in [0.2, 0.25) is 5.91 Å². The fourth-order valence-corrected chi connectivity index (χ4v) is 1.89. The van der Waals surface area contributed by atoms with Crippen molar-refractivity contribution < 1.29 is 13.9 Å². The predicted octanol–water partition coefficient (Wildman–Crippen LogP) is 1.53. The highest BCUT2D eigenvalue weighted by Crippen LogP contribution is 2.09. The molecule has 4 nitrogen and oxygen atoms in total. The molecule has 0 bridgehead atoms. The van der Waals surface area contributed by atoms with Crippen molar-refractivity contribution in [3.8, 4) is 0 Å². The highest BCUT2D eigenvalue weighted by Gasteiger charge is 2.14. The third kappa shape index (κ3) is 4.09. The number of halogens is 1. The van der Waals surface area contributed by atoms with Gasteiger partial charge in [-0.25, -0.2) is 4.39 Å². The SMILES string of the molecule is O=C(CO[C@H]1CCCNC1)Nc1ccc(F)cc1. The maximum absolute atomic E-state index is 12.7. The van der Waals surface area contributed by atoms with Gasteiger partial charge in [0, 0.05) is 12.2 Å². The number of nitrogens with one attached hydrogen (secondary N) is 2. The summed E-state index contributed by atoms with van der Waals surface area (Å²) in [4.78, 5) is 11.6. The minimum Gasteiger partial charge on any atom is -0.367 e. The Bertz CT molecular complexity index is 388. The molecule has 0 aromatic heterocycles. The van der Waals surface area contributed by atoms with Crippen molar-refractivity contribution in [3.63, 3.8) is 0 Å². The summed E-state index contributed by atoms with van der Waals surface area (Å²) in [6.45, 7) is 1.84. The van der Waals surface area contributed by atoms with Gasteiger partial charge in [-0.15, -0.1) is 0 Å². The standard InChI is InChI=1S/C13H17FN2O2/c14-10-3-5-11(6-4-10)16-13(17)9-18-12-2-1-7-15-8-12/h3-6,12,15H,1-2,7-9H2,(H,16,17)/t12-/m0/s1. The largest absolute Gasteiger partial charge is 0.367 e. The number of hydrogen-bond donors (Lipinski definition) is 2. The average Bonchev–Trinajstić information content (AvgIpc) is 2.40. The van der Waals surface area contributed by atoms with E-state index in [1.165, 1.54) is 24.3 Å². The summed E-state index contributed by atoms with van der Waals surface area (Å²) < 4.78 is 18.2. The van der Waals surface area contributed by atoms with Crippen LogP contribution in [-0.4, -0.2) is 31.7 Å². The molecule has 1 fully saturated rings. The zero-order valence-corrected chi connectivity index (χ0v) is 10.1. The van der Waals surface area contributed by atoms with Gasteiger partial charge in [-0.1, -0.05) is 0 Å². The Kier molecular flexibility index (Phi) is 4.66. The smallest absolute Gasteiger partial charge is 0.250 e. The monoisotopic (exact) mass is 252 g/mol. The second-order valence-electron chi connectivity index (χ2n) is 4.33. The molecule has 2 rings (SSSR count). The molecule has 0 aliphatic carbocycles. The number of rotatable bonds is 4. The van der Waals surface area contributed by atoms with Crippen LogP contribution in [0.5, 0.6) is 0 Å². The molecule has 1 amide bonds. The molecule has 98 valence electrons. The number of carbonyl (C=O) groups is 1. The van der Waals surface area contributed by atoms with Gasteiger partial charge in [-0.3, -0.25) is 4.79 Å². The van der Waals surface area contributed by atoms with Crippen molar-refractivity contribution in [2.75, 3.05) is 25.0 Å². The summed E-state index contributed by atoms with van der Waals surface area (Å²) in [5, 5.41) is 5.87. The van der Waals surface area contributed by atoms with Crippen LogP contribution < -0.4 is 10.6 Å². The molecule has 0 radical (unpaired) electrons. The number of anilines is 1. The van der Waals surface area contributed by atoms with E-state index in [0.29, 0.717) is 5.69 Å². The molecular weight excluding hydrogens is 235 g/mol. The summed E-state index contributed by atoms with van der Waals surface area (Å²) >= 11 is 0. The molecule has 1 saturated heterocycles. The second kappa shape index (κ2) is 6.47. The number of benzene rings is 1. The Labute approximate surface area is 106 Å². The Morgan fingerprint density at radius 3 is 2.89 bits per heavy atom. The fraction of sp³-hybridized carbons (Fsp3) is 0.462. The van der Waals surface area contributed by atoms with E-state index in [2.05, 4.69) is 10.6 Å². The van der Waals surface area contributed by atoms with Crippen LogP contribution in [0.1, 0.15) is 12.8 Å². The summed E-state index contributed by atoms with van der Waals surface area (Å²) in [7, 11) is 0. The van der Waals surface area contributed by atoms with Gasteiger partial charge in [-0.2, -0.15) is 0 Å². The van der Waals surface area contributed by atoms with Crippen LogP contribution in [0, 0.1) is 5.82 Å². The lowest BCUT2D eigenvalue weighted by Gasteiger charge is -2.22. The molecule has 0 spiro atoms. The molecule has 1 aromatic rings. The molecule has 1 aromatic carbocycles. The highest BCUT2D eigenvalue weighted by atomic mass is 19.1. The number of hydrogen-bond acceptors (Lipinski definition) is 3. The van der Waals surface area contributed by atoms with Gasteiger partial charge in [0.15, 0.2) is 0 Å². The van der Waals surface area contributed by atoms with Gasteiger partial charge < -0.3 is 15.4 Å². The van der Waals surface area contributed by atoms with Gasteiger partial charge in [0.1, 0.15) is 12.4 Å². The Morgan fingerprint density at radius 2 is 2.22 bits per heavy atom. The van der Waals surface area contributed by atoms with Crippen molar-refractivity contribution >= 4 is 11.6 Å². The lowest BCUT2D eigenvalue weighted by Crippen LogP contribution is -2.37. The fourth-order valence-electron chi connectivity index (χ4n) is 1.89. The van der Waals surface area contributed by atoms with E-state index in [-0.39, 0.29) is 24.4 Å². The first-order chi connectivity index (χ1) is 8.74. The first-order valence-corrected chi connectivity index (χ1v) is 6.12. The van der Waals surface area contributed by atoms with Crippen molar-refractivity contribution in [1.29, 1.82) is 0 Å². The molecule has 2 N–H and O–H groups in total. The van der Waals surface area contributed by atoms with Crippen molar-refractivity contribution in [2.45, 2.75) is 18.9 Å². The lowest BCUT2D eigenvalue weighted by atomic mass is 10.1. The minimum absolute atomic E-state index is 0.0315. The summed E-state index contributed by atoms with van der Waals surface area (Å²) in [6, 6.07) is 5.66. The zero-order valence-electron chi connectivity index (χ0n) is 10.1. The zero-order chi connectivity index (χ0) is 12.8. The van der Waals surface area contributed by atoms with Crippen LogP contribution >= 0.6 is 0 Å². The van der Waals surface area contributed by atoms with E-state index in [4.69, 9.17) is 4.74 Å². The van der Waals surface area contributed by atoms with E-state index >= 15 is 0 Å². The first kappa shape index (κ1) is 13.0. The maximum atomic E-state index is 12.7. The third-order valence-corrected chi connectivity index (χ3v) is 2.83. The highest BCUT2D eigenvalue weighted by molar-refractivity contribution is 5.91. The van der Waals surface area contributed by atoms with Crippen LogP contribution in [0.25, 0.3) is 0 Å². The molecular formula is C13H17FN2O2. The van der Waals surface area contributed by atoms with Crippen molar-refractivity contribution in [1.82, 2.24) is 5.32 Å². The van der Waals surface area contributed by atoms with E-state index in [9.17, 15) is 9.18 Å². The quantitative estimate of drug-likeness (QED) is 0.854. The number of amides is 1. The molecule has 1 aliphatic rings. The predicted molar refractivity (Wildman–Crippen MR) is 66.9 cm³/mol. The van der Waals surface area contributed by atoms with E-state index in [1.807, 2.05) is 0 Å². The van der Waals surface area contributed by atoms with Crippen molar-refractivity contribution in [2.24, 2.45) is 0 Å². The molecule has 1 atom stereocenters. The van der Waals surface area contributed by atoms with Crippen LogP contribution in [0.15, 0.2) is 24.3 Å². The van der Waals surface area contributed by atoms with Gasteiger partial charge in [0.25, 0.3) is 0 Å². The van der Waals surface area contributed by atoms with E-state index in [0.717, 1.165) is 25.9 Å². The summed E-state index contributed by atoms with van der Waals surface area (Å²) in [5.41, 5.74) is 0.576. The topological polar surface area (TPSA) is 50.4 Å². The van der Waals surface area contributed by atoms with Gasteiger partial charge >= 0.3 is 0 Å².